The monoisotopic (exact) mass is 404 g/mol. The molecule has 0 aliphatic carbocycles. The van der Waals surface area contributed by atoms with Gasteiger partial charge in [-0.05, 0) is 38.5 Å². The van der Waals surface area contributed by atoms with E-state index in [-0.39, 0.29) is 19.6 Å². The number of anilines is 2. The van der Waals surface area contributed by atoms with Crippen LogP contribution >= 0.6 is 24.8 Å². The average Bonchev–Trinajstić information content (AvgIpc) is 2.93. The molecule has 5 nitrogen and oxygen atoms in total. The number of piperazine rings is 1. The summed E-state index contributed by atoms with van der Waals surface area (Å²) in [5, 5.41) is 8.40. The molecule has 2 atom stereocenters. The van der Waals surface area contributed by atoms with Crippen LogP contribution in [-0.4, -0.2) is 49.6 Å². The van der Waals surface area contributed by atoms with Gasteiger partial charge in [0.2, 0.25) is 0 Å². The van der Waals surface area contributed by atoms with E-state index < -0.39 is 0 Å². The zero-order chi connectivity index (χ0) is 18.1. The molecule has 2 aromatic rings. The first-order valence-electron chi connectivity index (χ1n) is 9.20. The number of fused-ring (bicyclic) bond motifs is 2. The summed E-state index contributed by atoms with van der Waals surface area (Å²) in [5.74, 6) is 1.08. The second-order valence-electron chi connectivity index (χ2n) is 7.06. The standard InChI is InChI=1S/C20H26N4OS.H2S/c1-13(25-3)10-15-12-24(9-8-21-15)19-16-11-14(2)26-20(16)23-18-7-5-4-6-17(18)22-19;/h4-7,11,13,15,21,23H,8-10,12H2,1-3H3;1H2/t13?,15-;/m0./s1. The Labute approximate surface area is 172 Å². The van der Waals surface area contributed by atoms with Crippen molar-refractivity contribution in [3.8, 4) is 0 Å². The summed E-state index contributed by atoms with van der Waals surface area (Å²) in [6.07, 6.45) is 1.26. The summed E-state index contributed by atoms with van der Waals surface area (Å²) in [6, 6.07) is 11.0. The van der Waals surface area contributed by atoms with Gasteiger partial charge >= 0.3 is 0 Å². The molecule has 146 valence electrons. The highest BCUT2D eigenvalue weighted by atomic mass is 32.1. The fraction of sp³-hybridized carbons (Fsp3) is 0.450. The van der Waals surface area contributed by atoms with Crippen LogP contribution in [0.15, 0.2) is 35.3 Å². The predicted molar refractivity (Wildman–Crippen MR) is 120 cm³/mol. The second-order valence-corrected chi connectivity index (χ2v) is 8.31. The van der Waals surface area contributed by atoms with Gasteiger partial charge in [0.25, 0.3) is 0 Å². The molecule has 2 aliphatic rings. The van der Waals surface area contributed by atoms with Crippen LogP contribution in [0, 0.1) is 6.92 Å². The van der Waals surface area contributed by atoms with Crippen molar-refractivity contribution in [1.29, 1.82) is 0 Å². The van der Waals surface area contributed by atoms with Crippen molar-refractivity contribution in [3.05, 3.63) is 40.8 Å². The summed E-state index contributed by atoms with van der Waals surface area (Å²) < 4.78 is 5.46. The zero-order valence-corrected chi connectivity index (χ0v) is 17.9. The van der Waals surface area contributed by atoms with Crippen molar-refractivity contribution < 1.29 is 4.74 Å². The fourth-order valence-electron chi connectivity index (χ4n) is 3.66. The molecule has 0 radical (unpaired) electrons. The molecule has 4 rings (SSSR count). The van der Waals surface area contributed by atoms with Crippen molar-refractivity contribution >= 4 is 47.0 Å². The molecule has 2 aliphatic heterocycles. The number of aliphatic imine (C=N–C) groups is 1. The smallest absolute Gasteiger partial charge is 0.139 e. The van der Waals surface area contributed by atoms with Crippen LogP contribution in [-0.2, 0) is 4.74 Å². The highest BCUT2D eigenvalue weighted by Gasteiger charge is 2.28. The first-order valence-corrected chi connectivity index (χ1v) is 10.0. The number of aryl methyl sites for hydroxylation is 1. The van der Waals surface area contributed by atoms with Gasteiger partial charge in [0.15, 0.2) is 0 Å². The van der Waals surface area contributed by atoms with Crippen LogP contribution < -0.4 is 10.6 Å². The lowest BCUT2D eigenvalue weighted by Gasteiger charge is -2.36. The normalized spacial score (nSPS) is 19.7. The lowest BCUT2D eigenvalue weighted by molar-refractivity contribution is 0.0929. The minimum Gasteiger partial charge on any atom is -0.382 e. The Morgan fingerprint density at radius 3 is 3.00 bits per heavy atom. The molecule has 1 unspecified atom stereocenters. The zero-order valence-electron chi connectivity index (χ0n) is 16.1. The first kappa shape index (κ1) is 20.2. The van der Waals surface area contributed by atoms with Crippen LogP contribution in [0.5, 0.6) is 0 Å². The van der Waals surface area contributed by atoms with E-state index in [1.807, 2.05) is 6.07 Å². The Hall–Kier alpha value is -1.54. The van der Waals surface area contributed by atoms with Crippen LogP contribution in [0.4, 0.5) is 16.4 Å². The Morgan fingerprint density at radius 2 is 2.19 bits per heavy atom. The van der Waals surface area contributed by atoms with E-state index in [0.29, 0.717) is 6.04 Å². The molecular weight excluding hydrogens is 376 g/mol. The largest absolute Gasteiger partial charge is 0.382 e. The maximum Gasteiger partial charge on any atom is 0.139 e. The molecule has 7 heteroatoms. The molecule has 27 heavy (non-hydrogen) atoms. The van der Waals surface area contributed by atoms with Crippen molar-refractivity contribution in [3.63, 3.8) is 0 Å². The maximum atomic E-state index is 5.46. The molecule has 1 fully saturated rings. The van der Waals surface area contributed by atoms with Crippen LogP contribution in [0.1, 0.15) is 23.8 Å². The van der Waals surface area contributed by atoms with E-state index in [9.17, 15) is 0 Å². The van der Waals surface area contributed by atoms with Gasteiger partial charge in [-0.15, -0.1) is 11.3 Å². The third-order valence-electron chi connectivity index (χ3n) is 5.05. The number of thiophene rings is 1. The highest BCUT2D eigenvalue weighted by Crippen LogP contribution is 2.39. The van der Waals surface area contributed by atoms with Gasteiger partial charge in [0.1, 0.15) is 10.8 Å². The number of benzene rings is 1. The van der Waals surface area contributed by atoms with Crippen molar-refractivity contribution in [1.82, 2.24) is 10.2 Å². The SMILES string of the molecule is COC(C)C[C@H]1CN(C2=Nc3ccccc3Nc3sc(C)cc32)CCN1.S. The second kappa shape index (κ2) is 8.65. The molecule has 3 heterocycles. The number of hydrogen-bond donors (Lipinski definition) is 2. The Bertz CT molecular complexity index is 820. The van der Waals surface area contributed by atoms with Crippen molar-refractivity contribution in [2.75, 3.05) is 32.1 Å². The maximum absolute atomic E-state index is 5.46. The Kier molecular flexibility index (Phi) is 6.47. The predicted octanol–water partition coefficient (Wildman–Crippen LogP) is 4.00. The van der Waals surface area contributed by atoms with E-state index in [1.54, 1.807) is 18.4 Å². The van der Waals surface area contributed by atoms with E-state index in [2.05, 4.69) is 53.6 Å². The molecule has 0 bridgehead atoms. The highest BCUT2D eigenvalue weighted by molar-refractivity contribution is 7.59. The number of para-hydroxylation sites is 2. The molecule has 0 spiro atoms. The van der Waals surface area contributed by atoms with E-state index in [0.717, 1.165) is 43.3 Å². The number of methoxy groups -OCH3 is 1. The van der Waals surface area contributed by atoms with Crippen LogP contribution in [0.3, 0.4) is 0 Å². The Morgan fingerprint density at radius 1 is 1.37 bits per heavy atom. The summed E-state index contributed by atoms with van der Waals surface area (Å²) in [5.41, 5.74) is 3.29. The summed E-state index contributed by atoms with van der Waals surface area (Å²) in [6.45, 7) is 7.17. The number of nitrogens with one attached hydrogen (secondary N) is 2. The van der Waals surface area contributed by atoms with Gasteiger partial charge in [0, 0.05) is 37.7 Å². The van der Waals surface area contributed by atoms with Crippen molar-refractivity contribution in [2.24, 2.45) is 4.99 Å². The molecule has 0 amide bonds. The molecule has 1 aromatic heterocycles. The summed E-state index contributed by atoms with van der Waals surface area (Å²) in [7, 11) is 1.78. The number of hydrogen-bond acceptors (Lipinski definition) is 6. The van der Waals surface area contributed by atoms with Crippen LogP contribution in [0.25, 0.3) is 0 Å². The number of ether oxygens (including phenoxy) is 1. The lowest BCUT2D eigenvalue weighted by Crippen LogP contribution is -2.53. The van der Waals surface area contributed by atoms with Gasteiger partial charge in [-0.3, -0.25) is 0 Å². The van der Waals surface area contributed by atoms with E-state index >= 15 is 0 Å². The quantitative estimate of drug-likeness (QED) is 0.812. The minimum absolute atomic E-state index is 0. The Balaban J connectivity index is 0.00000210. The first-order chi connectivity index (χ1) is 12.6. The minimum atomic E-state index is 0. The fourth-order valence-corrected chi connectivity index (χ4v) is 4.58. The van der Waals surface area contributed by atoms with Crippen molar-refractivity contribution in [2.45, 2.75) is 32.4 Å². The van der Waals surface area contributed by atoms with Crippen LogP contribution in [0.2, 0.25) is 0 Å². The van der Waals surface area contributed by atoms with Gasteiger partial charge in [-0.25, -0.2) is 4.99 Å². The summed E-state index contributed by atoms with van der Waals surface area (Å²) >= 11 is 1.80. The van der Waals surface area contributed by atoms with E-state index in [1.165, 1.54) is 15.4 Å². The number of nitrogens with zero attached hydrogens (tertiary/aromatic N) is 2. The topological polar surface area (TPSA) is 48.9 Å². The number of rotatable bonds is 3. The molecular formula is C20H28N4OS2. The number of amidine groups is 1. The third-order valence-corrected chi connectivity index (χ3v) is 6.01. The average molecular weight is 405 g/mol. The lowest BCUT2D eigenvalue weighted by atomic mass is 10.1. The molecule has 1 saturated heterocycles. The van der Waals surface area contributed by atoms with Gasteiger partial charge in [0.05, 0.1) is 23.0 Å². The third kappa shape index (κ3) is 4.32. The van der Waals surface area contributed by atoms with Gasteiger partial charge < -0.3 is 20.3 Å². The summed E-state index contributed by atoms with van der Waals surface area (Å²) in [4.78, 5) is 8.81. The molecule has 0 saturated carbocycles. The van der Waals surface area contributed by atoms with Gasteiger partial charge in [-0.2, -0.15) is 13.5 Å². The van der Waals surface area contributed by atoms with E-state index in [4.69, 9.17) is 9.73 Å². The molecule has 2 N–H and O–H groups in total. The van der Waals surface area contributed by atoms with Gasteiger partial charge in [-0.1, -0.05) is 12.1 Å². The molecule has 1 aromatic carbocycles.